The Labute approximate surface area is 85.3 Å². The van der Waals surface area contributed by atoms with Gasteiger partial charge in [-0.1, -0.05) is 37.3 Å². The zero-order chi connectivity index (χ0) is 10.4. The van der Waals surface area contributed by atoms with Crippen molar-refractivity contribution in [1.29, 1.82) is 0 Å². The van der Waals surface area contributed by atoms with Gasteiger partial charge in [-0.3, -0.25) is 4.79 Å². The quantitative estimate of drug-likeness (QED) is 0.776. The molecule has 2 nitrogen and oxygen atoms in total. The second-order valence-electron chi connectivity index (χ2n) is 3.50. The summed E-state index contributed by atoms with van der Waals surface area (Å²) in [5.74, 6) is 0.0489. The van der Waals surface area contributed by atoms with E-state index in [1.54, 1.807) is 6.92 Å². The zero-order valence-corrected chi connectivity index (χ0v) is 8.79. The van der Waals surface area contributed by atoms with Crippen molar-refractivity contribution in [2.24, 2.45) is 0 Å². The van der Waals surface area contributed by atoms with Crippen LogP contribution < -0.4 is 5.32 Å². The predicted octanol–water partition coefficient (Wildman–Crippen LogP) is 2.14. The van der Waals surface area contributed by atoms with Gasteiger partial charge in [0.2, 0.25) is 5.91 Å². The molecule has 1 rings (SSSR count). The lowest BCUT2D eigenvalue weighted by atomic mass is 10.0. The first-order valence-electron chi connectivity index (χ1n) is 5.03. The third kappa shape index (κ3) is 3.60. The van der Waals surface area contributed by atoms with Crippen molar-refractivity contribution in [1.82, 2.24) is 5.32 Å². The van der Waals surface area contributed by atoms with Crippen LogP contribution in [-0.2, 0) is 11.2 Å². The molecule has 0 aliphatic carbocycles. The number of hydrogen-bond donors (Lipinski definition) is 1. The third-order valence-corrected chi connectivity index (χ3v) is 2.23. The Bertz CT molecular complexity index is 282. The summed E-state index contributed by atoms with van der Waals surface area (Å²) < 4.78 is 0. The maximum atomic E-state index is 10.9. The van der Waals surface area contributed by atoms with E-state index in [0.717, 1.165) is 12.8 Å². The van der Waals surface area contributed by atoms with Gasteiger partial charge in [-0.05, 0) is 18.4 Å². The van der Waals surface area contributed by atoms with E-state index in [0.29, 0.717) is 0 Å². The summed E-state index contributed by atoms with van der Waals surface area (Å²) in [4.78, 5) is 10.9. The minimum absolute atomic E-state index is 0.0489. The van der Waals surface area contributed by atoms with E-state index >= 15 is 0 Å². The van der Waals surface area contributed by atoms with Crippen LogP contribution in [0, 0.1) is 0 Å². The SMILES string of the molecule is CC[C@H](Cc1ccccc1)NC(C)=O. The van der Waals surface area contributed by atoms with Crippen LogP contribution in [0.1, 0.15) is 25.8 Å². The highest BCUT2D eigenvalue weighted by atomic mass is 16.1. The molecule has 2 heteroatoms. The summed E-state index contributed by atoms with van der Waals surface area (Å²) in [5, 5.41) is 2.94. The van der Waals surface area contributed by atoms with Crippen LogP contribution in [-0.4, -0.2) is 11.9 Å². The average molecular weight is 191 g/mol. The van der Waals surface area contributed by atoms with Crippen molar-refractivity contribution in [2.75, 3.05) is 0 Å². The molecule has 0 heterocycles. The van der Waals surface area contributed by atoms with Crippen LogP contribution in [0.15, 0.2) is 30.3 Å². The fourth-order valence-corrected chi connectivity index (χ4v) is 1.48. The van der Waals surface area contributed by atoms with E-state index in [1.807, 2.05) is 18.2 Å². The molecular weight excluding hydrogens is 174 g/mol. The molecule has 76 valence electrons. The largest absolute Gasteiger partial charge is 0.353 e. The molecule has 1 aromatic rings. The van der Waals surface area contributed by atoms with Crippen molar-refractivity contribution in [2.45, 2.75) is 32.7 Å². The van der Waals surface area contributed by atoms with Gasteiger partial charge in [0, 0.05) is 13.0 Å². The highest BCUT2D eigenvalue weighted by Gasteiger charge is 2.07. The van der Waals surface area contributed by atoms with Crippen molar-refractivity contribution >= 4 is 5.91 Å². The first-order valence-corrected chi connectivity index (χ1v) is 5.03. The Balaban J connectivity index is 2.53. The van der Waals surface area contributed by atoms with Crippen molar-refractivity contribution < 1.29 is 4.79 Å². The smallest absolute Gasteiger partial charge is 0.217 e. The highest BCUT2D eigenvalue weighted by molar-refractivity contribution is 5.73. The van der Waals surface area contributed by atoms with Gasteiger partial charge in [0.05, 0.1) is 0 Å². The summed E-state index contributed by atoms with van der Waals surface area (Å²) in [6, 6.07) is 10.5. The highest BCUT2D eigenvalue weighted by Crippen LogP contribution is 2.05. The predicted molar refractivity (Wildman–Crippen MR) is 58.0 cm³/mol. The van der Waals surface area contributed by atoms with E-state index in [2.05, 4.69) is 24.4 Å². The lowest BCUT2D eigenvalue weighted by Crippen LogP contribution is -2.34. The molecule has 0 saturated heterocycles. The lowest BCUT2D eigenvalue weighted by molar-refractivity contribution is -0.119. The molecule has 0 unspecified atom stereocenters. The van der Waals surface area contributed by atoms with Gasteiger partial charge in [-0.2, -0.15) is 0 Å². The van der Waals surface area contributed by atoms with Gasteiger partial charge in [-0.25, -0.2) is 0 Å². The summed E-state index contributed by atoms with van der Waals surface area (Å²) >= 11 is 0. The maximum absolute atomic E-state index is 10.9. The fraction of sp³-hybridized carbons (Fsp3) is 0.417. The minimum atomic E-state index is 0.0489. The summed E-state index contributed by atoms with van der Waals surface area (Å²) in [6.45, 7) is 3.65. The van der Waals surface area contributed by atoms with Crippen molar-refractivity contribution in [3.8, 4) is 0 Å². The Kier molecular flexibility index (Phi) is 4.17. The van der Waals surface area contributed by atoms with Gasteiger partial charge in [0.1, 0.15) is 0 Å². The Morgan fingerprint density at radius 3 is 2.50 bits per heavy atom. The van der Waals surface area contributed by atoms with Crippen molar-refractivity contribution in [3.63, 3.8) is 0 Å². The molecule has 0 saturated carbocycles. The number of rotatable bonds is 4. The zero-order valence-electron chi connectivity index (χ0n) is 8.79. The van der Waals surface area contributed by atoms with E-state index in [1.165, 1.54) is 5.56 Å². The van der Waals surface area contributed by atoms with E-state index in [9.17, 15) is 4.79 Å². The number of benzene rings is 1. The van der Waals surface area contributed by atoms with Gasteiger partial charge >= 0.3 is 0 Å². The van der Waals surface area contributed by atoms with Crippen LogP contribution in [0.3, 0.4) is 0 Å². The number of amides is 1. The molecule has 0 radical (unpaired) electrons. The second-order valence-corrected chi connectivity index (χ2v) is 3.50. The number of hydrogen-bond acceptors (Lipinski definition) is 1. The Morgan fingerprint density at radius 1 is 1.36 bits per heavy atom. The Hall–Kier alpha value is -1.31. The molecule has 0 aliphatic heterocycles. The molecule has 0 aromatic heterocycles. The first-order chi connectivity index (χ1) is 6.72. The van der Waals surface area contributed by atoms with E-state index in [-0.39, 0.29) is 11.9 Å². The van der Waals surface area contributed by atoms with Crippen LogP contribution in [0.2, 0.25) is 0 Å². The number of nitrogens with one attached hydrogen (secondary N) is 1. The second kappa shape index (κ2) is 5.43. The monoisotopic (exact) mass is 191 g/mol. The molecule has 0 spiro atoms. The molecule has 1 aromatic carbocycles. The molecular formula is C12H17NO. The topological polar surface area (TPSA) is 29.1 Å². The number of carbonyl (C=O) groups excluding carboxylic acids is 1. The standard InChI is InChI=1S/C12H17NO/c1-3-12(13-10(2)14)9-11-7-5-4-6-8-11/h4-8,12H,3,9H2,1-2H3,(H,13,14)/t12-/m1/s1. The molecule has 0 fully saturated rings. The maximum Gasteiger partial charge on any atom is 0.217 e. The van der Waals surface area contributed by atoms with E-state index in [4.69, 9.17) is 0 Å². The number of carbonyl (C=O) groups is 1. The van der Waals surface area contributed by atoms with Gasteiger partial charge in [0.25, 0.3) is 0 Å². The molecule has 14 heavy (non-hydrogen) atoms. The average Bonchev–Trinajstić information content (AvgIpc) is 2.17. The third-order valence-electron chi connectivity index (χ3n) is 2.23. The van der Waals surface area contributed by atoms with Crippen LogP contribution in [0.5, 0.6) is 0 Å². The fourth-order valence-electron chi connectivity index (χ4n) is 1.48. The summed E-state index contributed by atoms with van der Waals surface area (Å²) in [5.41, 5.74) is 1.27. The van der Waals surface area contributed by atoms with Gasteiger partial charge < -0.3 is 5.32 Å². The normalized spacial score (nSPS) is 12.1. The molecule has 0 bridgehead atoms. The van der Waals surface area contributed by atoms with Crippen LogP contribution in [0.4, 0.5) is 0 Å². The first kappa shape index (κ1) is 10.8. The van der Waals surface area contributed by atoms with Crippen LogP contribution >= 0.6 is 0 Å². The van der Waals surface area contributed by atoms with E-state index < -0.39 is 0 Å². The van der Waals surface area contributed by atoms with Gasteiger partial charge in [-0.15, -0.1) is 0 Å². The van der Waals surface area contributed by atoms with Crippen LogP contribution in [0.25, 0.3) is 0 Å². The molecule has 1 N–H and O–H groups in total. The molecule has 0 aliphatic rings. The minimum Gasteiger partial charge on any atom is -0.353 e. The molecule has 1 amide bonds. The lowest BCUT2D eigenvalue weighted by Gasteiger charge is -2.15. The van der Waals surface area contributed by atoms with Gasteiger partial charge in [0.15, 0.2) is 0 Å². The molecule has 1 atom stereocenters. The van der Waals surface area contributed by atoms with Crippen molar-refractivity contribution in [3.05, 3.63) is 35.9 Å². The summed E-state index contributed by atoms with van der Waals surface area (Å²) in [6.07, 6.45) is 1.88. The summed E-state index contributed by atoms with van der Waals surface area (Å²) in [7, 11) is 0. The Morgan fingerprint density at radius 2 is 2.00 bits per heavy atom.